The van der Waals surface area contributed by atoms with E-state index in [9.17, 15) is 4.79 Å². The zero-order valence-corrected chi connectivity index (χ0v) is 15.1. The smallest absolute Gasteiger partial charge is 0.321 e. The molecule has 0 aliphatic rings. The van der Waals surface area contributed by atoms with Crippen LogP contribution in [0.3, 0.4) is 0 Å². The number of carbonyl (C=O) groups is 1. The molecule has 0 radical (unpaired) electrons. The van der Waals surface area contributed by atoms with E-state index in [4.69, 9.17) is 17.0 Å². The lowest BCUT2D eigenvalue weighted by molar-refractivity contribution is 0.236. The van der Waals surface area contributed by atoms with Crippen LogP contribution >= 0.6 is 43.5 Å². The van der Waals surface area contributed by atoms with Crippen molar-refractivity contribution in [2.75, 3.05) is 5.32 Å². The average Bonchev–Trinajstić information content (AvgIpc) is 2.20. The molecule has 0 saturated carbocycles. The maximum atomic E-state index is 11.6. The molecular formula is C12H15Br2ClN4O. The summed E-state index contributed by atoms with van der Waals surface area (Å²) in [5.41, 5.74) is 0.238. The number of guanidine groups is 1. The highest BCUT2D eigenvalue weighted by molar-refractivity contribution is 9.11. The lowest BCUT2D eigenvalue weighted by Crippen LogP contribution is -2.49. The van der Waals surface area contributed by atoms with Gasteiger partial charge < -0.3 is 10.6 Å². The van der Waals surface area contributed by atoms with Crippen molar-refractivity contribution in [2.24, 2.45) is 0 Å². The molecule has 0 aromatic heterocycles. The first-order valence-corrected chi connectivity index (χ1v) is 7.64. The highest BCUT2D eigenvalue weighted by Crippen LogP contribution is 2.33. The summed E-state index contributed by atoms with van der Waals surface area (Å²) in [6, 6.07) is 2.94. The molecule has 1 aromatic rings. The summed E-state index contributed by atoms with van der Waals surface area (Å²) < 4.78 is 1.36. The summed E-state index contributed by atoms with van der Waals surface area (Å²) in [6.07, 6.45) is 0. The van der Waals surface area contributed by atoms with Gasteiger partial charge in [-0.1, -0.05) is 11.6 Å². The number of amides is 2. The van der Waals surface area contributed by atoms with Crippen molar-refractivity contribution in [3.63, 3.8) is 0 Å². The number of carbonyl (C=O) groups excluding carboxylic acids is 1. The Morgan fingerprint density at radius 2 is 1.75 bits per heavy atom. The Bertz CT molecular complexity index is 520. The Labute approximate surface area is 139 Å². The molecule has 4 N–H and O–H groups in total. The second kappa shape index (κ2) is 6.78. The number of hydrogen-bond acceptors (Lipinski definition) is 2. The van der Waals surface area contributed by atoms with Gasteiger partial charge in [0, 0.05) is 19.5 Å². The predicted octanol–water partition coefficient (Wildman–Crippen LogP) is 4.31. The first-order chi connectivity index (χ1) is 9.08. The minimum atomic E-state index is -0.448. The van der Waals surface area contributed by atoms with Gasteiger partial charge >= 0.3 is 6.03 Å². The molecule has 1 aromatic carbocycles. The Hall–Kier alpha value is -0.790. The van der Waals surface area contributed by atoms with Gasteiger partial charge in [0.05, 0.1) is 5.69 Å². The second-order valence-electron chi connectivity index (χ2n) is 5.07. The number of rotatable bonds is 1. The molecule has 0 heterocycles. The van der Waals surface area contributed by atoms with Gasteiger partial charge in [-0.2, -0.15) is 0 Å². The van der Waals surface area contributed by atoms with Crippen molar-refractivity contribution >= 4 is 61.1 Å². The molecule has 110 valence electrons. The van der Waals surface area contributed by atoms with Crippen LogP contribution in [-0.2, 0) is 0 Å². The van der Waals surface area contributed by atoms with E-state index in [2.05, 4.69) is 47.8 Å². The van der Waals surface area contributed by atoms with Crippen molar-refractivity contribution in [1.82, 2.24) is 10.6 Å². The van der Waals surface area contributed by atoms with Crippen LogP contribution in [0.2, 0.25) is 5.02 Å². The number of nitrogens with one attached hydrogen (secondary N) is 4. The van der Waals surface area contributed by atoms with Crippen molar-refractivity contribution in [3.05, 3.63) is 26.1 Å². The Kier molecular flexibility index (Phi) is 5.85. The zero-order chi connectivity index (χ0) is 15.5. The van der Waals surface area contributed by atoms with E-state index in [1.165, 1.54) is 0 Å². The maximum Gasteiger partial charge on any atom is 0.321 e. The monoisotopic (exact) mass is 424 g/mol. The molecule has 8 heteroatoms. The Balaban J connectivity index is 2.70. The Morgan fingerprint density at radius 3 is 2.20 bits per heavy atom. The standard InChI is InChI=1S/C12H15Br2ClN4O/c1-12(2,3)19-11(20)18-10(16)17-9-7(13)4-6(15)5-8(9)14/h4-5H,1-3H3,(H4,16,17,18,19,20). The molecule has 0 aliphatic carbocycles. The minimum absolute atomic E-state index is 0.143. The van der Waals surface area contributed by atoms with Crippen molar-refractivity contribution < 1.29 is 4.79 Å². The lowest BCUT2D eigenvalue weighted by Gasteiger charge is -2.21. The molecule has 0 saturated heterocycles. The molecule has 0 fully saturated rings. The summed E-state index contributed by atoms with van der Waals surface area (Å²) in [7, 11) is 0. The molecule has 2 amide bonds. The third-order valence-electron chi connectivity index (χ3n) is 1.98. The highest BCUT2D eigenvalue weighted by atomic mass is 79.9. The van der Waals surface area contributed by atoms with Crippen LogP contribution in [0.4, 0.5) is 10.5 Å². The largest absolute Gasteiger partial charge is 0.333 e. The van der Waals surface area contributed by atoms with Gasteiger partial charge in [0.15, 0.2) is 0 Å². The van der Waals surface area contributed by atoms with E-state index in [0.29, 0.717) is 19.7 Å². The number of benzene rings is 1. The third kappa shape index (κ3) is 5.68. The van der Waals surface area contributed by atoms with Crippen LogP contribution in [0.15, 0.2) is 21.1 Å². The zero-order valence-electron chi connectivity index (χ0n) is 11.2. The predicted molar refractivity (Wildman–Crippen MR) is 89.6 cm³/mol. The fourth-order valence-corrected chi connectivity index (χ4v) is 3.17. The van der Waals surface area contributed by atoms with Gasteiger partial charge in [0.2, 0.25) is 5.96 Å². The molecule has 0 aliphatic heterocycles. The van der Waals surface area contributed by atoms with E-state index in [-0.39, 0.29) is 11.5 Å². The third-order valence-corrected chi connectivity index (χ3v) is 3.45. The van der Waals surface area contributed by atoms with E-state index >= 15 is 0 Å². The quantitative estimate of drug-likeness (QED) is 0.399. The molecule has 0 unspecified atom stereocenters. The van der Waals surface area contributed by atoms with Crippen LogP contribution < -0.4 is 16.0 Å². The molecule has 20 heavy (non-hydrogen) atoms. The molecule has 0 spiro atoms. The Morgan fingerprint density at radius 1 is 1.25 bits per heavy atom. The molecule has 0 atom stereocenters. The number of urea groups is 1. The van der Waals surface area contributed by atoms with Gasteiger partial charge in [-0.15, -0.1) is 0 Å². The molecule has 5 nitrogen and oxygen atoms in total. The summed E-state index contributed by atoms with van der Waals surface area (Å²) in [5.74, 6) is -0.143. The van der Waals surface area contributed by atoms with E-state index < -0.39 is 6.03 Å². The summed E-state index contributed by atoms with van der Waals surface area (Å²) in [5, 5.41) is 16.2. The average molecular weight is 427 g/mol. The summed E-state index contributed by atoms with van der Waals surface area (Å²) >= 11 is 12.6. The van der Waals surface area contributed by atoms with Gasteiger partial charge in [-0.3, -0.25) is 10.7 Å². The van der Waals surface area contributed by atoms with Crippen LogP contribution in [0.5, 0.6) is 0 Å². The van der Waals surface area contributed by atoms with E-state index in [0.717, 1.165) is 0 Å². The fourth-order valence-electron chi connectivity index (χ4n) is 1.30. The normalized spacial score (nSPS) is 10.9. The minimum Gasteiger partial charge on any atom is -0.333 e. The van der Waals surface area contributed by atoms with Gasteiger partial charge in [0.25, 0.3) is 0 Å². The first-order valence-electron chi connectivity index (χ1n) is 5.68. The van der Waals surface area contributed by atoms with Gasteiger partial charge in [0.1, 0.15) is 0 Å². The van der Waals surface area contributed by atoms with Crippen LogP contribution in [0.1, 0.15) is 20.8 Å². The van der Waals surface area contributed by atoms with Crippen LogP contribution in [-0.4, -0.2) is 17.5 Å². The fraction of sp³-hybridized carbons (Fsp3) is 0.333. The van der Waals surface area contributed by atoms with E-state index in [1.54, 1.807) is 12.1 Å². The number of halogens is 3. The maximum absolute atomic E-state index is 11.6. The summed E-state index contributed by atoms with van der Waals surface area (Å²) in [6.45, 7) is 5.57. The van der Waals surface area contributed by atoms with Crippen molar-refractivity contribution in [2.45, 2.75) is 26.3 Å². The second-order valence-corrected chi connectivity index (χ2v) is 7.22. The highest BCUT2D eigenvalue weighted by Gasteiger charge is 2.15. The van der Waals surface area contributed by atoms with Crippen LogP contribution in [0.25, 0.3) is 0 Å². The van der Waals surface area contributed by atoms with Gasteiger partial charge in [-0.05, 0) is 64.8 Å². The topological polar surface area (TPSA) is 77.0 Å². The lowest BCUT2D eigenvalue weighted by atomic mass is 10.1. The SMILES string of the molecule is CC(C)(C)NC(=O)NC(=N)Nc1c(Br)cc(Cl)cc1Br. The van der Waals surface area contributed by atoms with E-state index in [1.807, 2.05) is 20.8 Å². The van der Waals surface area contributed by atoms with Crippen molar-refractivity contribution in [1.29, 1.82) is 5.41 Å². The molecule has 0 bridgehead atoms. The van der Waals surface area contributed by atoms with Gasteiger partial charge in [-0.25, -0.2) is 4.79 Å². The molecule has 1 rings (SSSR count). The number of anilines is 1. The first kappa shape index (κ1) is 17.3. The number of hydrogen-bond donors (Lipinski definition) is 4. The molecular weight excluding hydrogens is 411 g/mol. The van der Waals surface area contributed by atoms with Crippen molar-refractivity contribution in [3.8, 4) is 0 Å². The summed E-state index contributed by atoms with van der Waals surface area (Å²) in [4.78, 5) is 11.6. The van der Waals surface area contributed by atoms with Crippen LogP contribution in [0, 0.1) is 5.41 Å².